The number of nitrogen functional groups attached to an aromatic ring is 1. The summed E-state index contributed by atoms with van der Waals surface area (Å²) in [4.78, 5) is 0. The number of hydrogen-bond acceptors (Lipinski definition) is 3. The SMILES string of the molecule is Nc1cc(Cl)cc(C(O)C(O)CBr)c1. The van der Waals surface area contributed by atoms with E-state index in [1.807, 2.05) is 0 Å². The topological polar surface area (TPSA) is 66.5 Å². The van der Waals surface area contributed by atoms with Crippen LogP contribution in [0.5, 0.6) is 0 Å². The highest BCUT2D eigenvalue weighted by atomic mass is 79.9. The third-order valence-corrected chi connectivity index (χ3v) is 2.69. The van der Waals surface area contributed by atoms with Gasteiger partial charge in [-0.15, -0.1) is 0 Å². The van der Waals surface area contributed by atoms with Crippen molar-refractivity contribution in [3.8, 4) is 0 Å². The highest BCUT2D eigenvalue weighted by molar-refractivity contribution is 9.09. The Hall–Kier alpha value is -0.290. The van der Waals surface area contributed by atoms with Crippen molar-refractivity contribution in [1.82, 2.24) is 0 Å². The van der Waals surface area contributed by atoms with Crippen LogP contribution in [0, 0.1) is 0 Å². The largest absolute Gasteiger partial charge is 0.399 e. The molecule has 5 heteroatoms. The normalized spacial score (nSPS) is 15.1. The second-order valence-electron chi connectivity index (χ2n) is 2.98. The van der Waals surface area contributed by atoms with E-state index in [2.05, 4.69) is 15.9 Å². The van der Waals surface area contributed by atoms with E-state index in [1.165, 1.54) is 0 Å². The van der Waals surface area contributed by atoms with Crippen molar-refractivity contribution in [1.29, 1.82) is 0 Å². The van der Waals surface area contributed by atoms with Gasteiger partial charge in [-0.25, -0.2) is 0 Å². The molecule has 1 rings (SSSR count). The number of halogens is 2. The quantitative estimate of drug-likeness (QED) is 0.583. The molecule has 0 aromatic heterocycles. The molecular formula is C9H11BrClNO2. The van der Waals surface area contributed by atoms with Gasteiger partial charge >= 0.3 is 0 Å². The van der Waals surface area contributed by atoms with Crippen LogP contribution in [0.3, 0.4) is 0 Å². The van der Waals surface area contributed by atoms with Crippen LogP contribution in [0.15, 0.2) is 18.2 Å². The van der Waals surface area contributed by atoms with Gasteiger partial charge in [0.15, 0.2) is 0 Å². The van der Waals surface area contributed by atoms with Crippen LogP contribution in [0.1, 0.15) is 11.7 Å². The van der Waals surface area contributed by atoms with Crippen molar-refractivity contribution in [3.63, 3.8) is 0 Å². The zero-order valence-corrected chi connectivity index (χ0v) is 9.66. The molecule has 2 atom stereocenters. The van der Waals surface area contributed by atoms with E-state index in [0.717, 1.165) is 0 Å². The minimum Gasteiger partial charge on any atom is -0.399 e. The number of benzene rings is 1. The minimum atomic E-state index is -0.977. The number of alkyl halides is 1. The van der Waals surface area contributed by atoms with Crippen LogP contribution in [0.25, 0.3) is 0 Å². The monoisotopic (exact) mass is 279 g/mol. The lowest BCUT2D eigenvalue weighted by molar-refractivity contribution is 0.0343. The van der Waals surface area contributed by atoms with E-state index in [1.54, 1.807) is 18.2 Å². The van der Waals surface area contributed by atoms with Crippen LogP contribution < -0.4 is 5.73 Å². The van der Waals surface area contributed by atoms with Gasteiger partial charge in [0.25, 0.3) is 0 Å². The maximum Gasteiger partial charge on any atom is 0.106 e. The molecule has 0 fully saturated rings. The highest BCUT2D eigenvalue weighted by Crippen LogP contribution is 2.24. The van der Waals surface area contributed by atoms with Gasteiger partial charge in [0.05, 0.1) is 6.10 Å². The van der Waals surface area contributed by atoms with Crippen molar-refractivity contribution < 1.29 is 10.2 Å². The number of aliphatic hydroxyl groups is 2. The summed E-state index contributed by atoms with van der Waals surface area (Å²) in [6.07, 6.45) is -1.84. The van der Waals surface area contributed by atoms with E-state index in [9.17, 15) is 10.2 Å². The number of aliphatic hydroxyl groups excluding tert-OH is 2. The molecule has 0 bridgehead atoms. The van der Waals surface area contributed by atoms with Gasteiger partial charge in [-0.05, 0) is 23.8 Å². The zero-order chi connectivity index (χ0) is 10.7. The molecule has 78 valence electrons. The molecule has 4 N–H and O–H groups in total. The fraction of sp³-hybridized carbons (Fsp3) is 0.333. The molecular weight excluding hydrogens is 269 g/mol. The Morgan fingerprint density at radius 1 is 1.36 bits per heavy atom. The lowest BCUT2D eigenvalue weighted by atomic mass is 10.1. The maximum absolute atomic E-state index is 9.64. The van der Waals surface area contributed by atoms with Gasteiger partial charge in [-0.1, -0.05) is 27.5 Å². The molecule has 0 amide bonds. The molecule has 0 radical (unpaired) electrons. The van der Waals surface area contributed by atoms with Gasteiger partial charge in [-0.3, -0.25) is 0 Å². The molecule has 0 spiro atoms. The molecule has 0 heterocycles. The second kappa shape index (κ2) is 4.98. The fourth-order valence-corrected chi connectivity index (χ4v) is 1.72. The molecule has 2 unspecified atom stereocenters. The van der Waals surface area contributed by atoms with E-state index in [0.29, 0.717) is 21.6 Å². The molecule has 1 aromatic rings. The molecule has 14 heavy (non-hydrogen) atoms. The smallest absolute Gasteiger partial charge is 0.106 e. The van der Waals surface area contributed by atoms with E-state index in [4.69, 9.17) is 17.3 Å². The summed E-state index contributed by atoms with van der Waals surface area (Å²) in [6, 6.07) is 4.75. The lowest BCUT2D eigenvalue weighted by Gasteiger charge is -2.16. The van der Waals surface area contributed by atoms with Crippen LogP contribution in [-0.2, 0) is 0 Å². The number of nitrogens with two attached hydrogens (primary N) is 1. The Morgan fingerprint density at radius 2 is 2.00 bits per heavy atom. The van der Waals surface area contributed by atoms with Gasteiger partial charge in [0.1, 0.15) is 6.10 Å². The average molecular weight is 281 g/mol. The Balaban J connectivity index is 2.94. The molecule has 0 saturated heterocycles. The molecule has 0 saturated carbocycles. The summed E-state index contributed by atoms with van der Waals surface area (Å²) in [7, 11) is 0. The molecule has 0 aliphatic carbocycles. The van der Waals surface area contributed by atoms with Crippen molar-refractivity contribution in [2.75, 3.05) is 11.1 Å². The number of rotatable bonds is 3. The summed E-state index contributed by atoms with van der Waals surface area (Å²) in [5.41, 5.74) is 6.53. The first-order valence-electron chi connectivity index (χ1n) is 4.02. The van der Waals surface area contributed by atoms with Crippen LogP contribution in [0.4, 0.5) is 5.69 Å². The molecule has 0 aliphatic heterocycles. The first kappa shape index (κ1) is 11.8. The minimum absolute atomic E-state index is 0.292. The predicted octanol–water partition coefficient (Wildman–Crippen LogP) is 1.71. The van der Waals surface area contributed by atoms with Gasteiger partial charge < -0.3 is 15.9 Å². The summed E-state index contributed by atoms with van der Waals surface area (Å²) < 4.78 is 0. The van der Waals surface area contributed by atoms with Gasteiger partial charge in [-0.2, -0.15) is 0 Å². The van der Waals surface area contributed by atoms with Crippen LogP contribution in [-0.4, -0.2) is 21.6 Å². The van der Waals surface area contributed by atoms with E-state index >= 15 is 0 Å². The third kappa shape index (κ3) is 2.85. The lowest BCUT2D eigenvalue weighted by Crippen LogP contribution is -2.19. The maximum atomic E-state index is 9.64. The molecule has 1 aromatic carbocycles. The van der Waals surface area contributed by atoms with Gasteiger partial charge in [0.2, 0.25) is 0 Å². The summed E-state index contributed by atoms with van der Waals surface area (Å²) in [5.74, 6) is 0. The molecule has 0 aliphatic rings. The van der Waals surface area contributed by atoms with Crippen molar-refractivity contribution in [2.24, 2.45) is 0 Å². The Bertz CT molecular complexity index is 301. The van der Waals surface area contributed by atoms with Crippen molar-refractivity contribution >= 4 is 33.2 Å². The Morgan fingerprint density at radius 3 is 2.50 bits per heavy atom. The van der Waals surface area contributed by atoms with Crippen molar-refractivity contribution in [2.45, 2.75) is 12.2 Å². The first-order chi connectivity index (χ1) is 6.54. The number of anilines is 1. The molecule has 3 nitrogen and oxygen atoms in total. The third-order valence-electron chi connectivity index (χ3n) is 1.81. The zero-order valence-electron chi connectivity index (χ0n) is 7.32. The predicted molar refractivity (Wildman–Crippen MR) is 60.6 cm³/mol. The second-order valence-corrected chi connectivity index (χ2v) is 4.07. The summed E-state index contributed by atoms with van der Waals surface area (Å²) in [5, 5.41) is 19.8. The first-order valence-corrected chi connectivity index (χ1v) is 5.52. The average Bonchev–Trinajstić information content (AvgIpc) is 2.14. The summed E-state index contributed by atoms with van der Waals surface area (Å²) >= 11 is 8.83. The van der Waals surface area contributed by atoms with E-state index < -0.39 is 12.2 Å². The van der Waals surface area contributed by atoms with E-state index in [-0.39, 0.29) is 0 Å². The Kier molecular flexibility index (Phi) is 4.19. The highest BCUT2D eigenvalue weighted by Gasteiger charge is 2.17. The summed E-state index contributed by atoms with van der Waals surface area (Å²) in [6.45, 7) is 0. The standard InChI is InChI=1S/C9H11BrClNO2/c10-4-8(13)9(14)5-1-6(11)3-7(12)2-5/h1-3,8-9,13-14H,4,12H2. The van der Waals surface area contributed by atoms with Crippen LogP contribution in [0.2, 0.25) is 5.02 Å². The Labute approximate surface area is 95.6 Å². The van der Waals surface area contributed by atoms with Crippen LogP contribution >= 0.6 is 27.5 Å². The number of hydrogen-bond donors (Lipinski definition) is 3. The van der Waals surface area contributed by atoms with Gasteiger partial charge in [0, 0.05) is 16.0 Å². The van der Waals surface area contributed by atoms with Crippen molar-refractivity contribution in [3.05, 3.63) is 28.8 Å². The fourth-order valence-electron chi connectivity index (χ4n) is 1.11.